The van der Waals surface area contributed by atoms with E-state index in [0.29, 0.717) is 5.92 Å². The van der Waals surface area contributed by atoms with Crippen LogP contribution in [0.3, 0.4) is 0 Å². The van der Waals surface area contributed by atoms with Crippen LogP contribution < -0.4 is 0 Å². The number of thioether (sulfide) groups is 1. The van der Waals surface area contributed by atoms with Crippen LogP contribution in [0.25, 0.3) is 0 Å². The average Bonchev–Trinajstić information content (AvgIpc) is 3.12. The molecule has 92 valence electrons. The summed E-state index contributed by atoms with van der Waals surface area (Å²) in [6.45, 7) is 2.70. The van der Waals surface area contributed by atoms with Crippen molar-refractivity contribution in [1.82, 2.24) is 4.90 Å². The third-order valence-corrected chi connectivity index (χ3v) is 4.64. The molecule has 0 radical (unpaired) electrons. The van der Waals surface area contributed by atoms with E-state index in [1.165, 1.54) is 23.3 Å². The highest BCUT2D eigenvalue weighted by Crippen LogP contribution is 2.44. The lowest BCUT2D eigenvalue weighted by Gasteiger charge is -2.47. The Morgan fingerprint density at radius 1 is 1.29 bits per heavy atom. The molecule has 1 heterocycles. The molecule has 1 aromatic rings. The first-order chi connectivity index (χ1) is 8.19. The van der Waals surface area contributed by atoms with Crippen LogP contribution in [0.15, 0.2) is 29.2 Å². The molecule has 1 saturated heterocycles. The summed E-state index contributed by atoms with van der Waals surface area (Å²) in [5.41, 5.74) is 1.000. The van der Waals surface area contributed by atoms with Crippen molar-refractivity contribution >= 4 is 11.8 Å². The van der Waals surface area contributed by atoms with Crippen LogP contribution in [0.4, 0.5) is 0 Å². The van der Waals surface area contributed by atoms with Crippen molar-refractivity contribution in [2.75, 3.05) is 19.3 Å². The van der Waals surface area contributed by atoms with Gasteiger partial charge in [0.25, 0.3) is 0 Å². The Hall–Kier alpha value is -0.510. The topological polar surface area (TPSA) is 23.5 Å². The fourth-order valence-electron chi connectivity index (χ4n) is 2.71. The van der Waals surface area contributed by atoms with Gasteiger partial charge < -0.3 is 5.11 Å². The number of β-amino-alcohol motifs (C(OH)–C–C–N with tert-alkyl or cyclic N) is 1. The van der Waals surface area contributed by atoms with Crippen LogP contribution in [0.5, 0.6) is 0 Å². The van der Waals surface area contributed by atoms with Gasteiger partial charge in [-0.05, 0) is 42.7 Å². The van der Waals surface area contributed by atoms with Crippen molar-refractivity contribution in [2.45, 2.75) is 29.9 Å². The molecule has 0 amide bonds. The first-order valence-electron chi connectivity index (χ1n) is 6.27. The van der Waals surface area contributed by atoms with Crippen molar-refractivity contribution in [3.05, 3.63) is 29.8 Å². The molecule has 0 bridgehead atoms. The monoisotopic (exact) mass is 249 g/mol. The maximum Gasteiger partial charge on any atom is 0.0928 e. The minimum Gasteiger partial charge on any atom is -0.387 e. The SMILES string of the molecule is CSc1ccc(CN2CC(O)(C3CC3)C2)cc1. The van der Waals surface area contributed by atoms with Crippen molar-refractivity contribution < 1.29 is 5.11 Å². The quantitative estimate of drug-likeness (QED) is 0.829. The molecule has 17 heavy (non-hydrogen) atoms. The van der Waals surface area contributed by atoms with Crippen LogP contribution in [0.1, 0.15) is 18.4 Å². The summed E-state index contributed by atoms with van der Waals surface area (Å²) in [6.07, 6.45) is 4.56. The van der Waals surface area contributed by atoms with Gasteiger partial charge in [-0.3, -0.25) is 4.90 Å². The number of nitrogens with zero attached hydrogens (tertiary/aromatic N) is 1. The summed E-state index contributed by atoms with van der Waals surface area (Å²) in [5.74, 6) is 0.595. The molecule has 1 N–H and O–H groups in total. The van der Waals surface area contributed by atoms with E-state index in [1.807, 2.05) is 0 Å². The van der Waals surface area contributed by atoms with Gasteiger partial charge in [-0.25, -0.2) is 0 Å². The lowest BCUT2D eigenvalue weighted by molar-refractivity contribution is -0.116. The number of hydrogen-bond donors (Lipinski definition) is 1. The van der Waals surface area contributed by atoms with Crippen molar-refractivity contribution in [3.63, 3.8) is 0 Å². The first-order valence-corrected chi connectivity index (χ1v) is 7.50. The molecule has 1 saturated carbocycles. The Morgan fingerprint density at radius 3 is 2.47 bits per heavy atom. The van der Waals surface area contributed by atoms with Crippen molar-refractivity contribution in [1.29, 1.82) is 0 Å². The second kappa shape index (κ2) is 4.30. The molecule has 0 aromatic heterocycles. The van der Waals surface area contributed by atoms with Gasteiger partial charge >= 0.3 is 0 Å². The molecule has 0 unspecified atom stereocenters. The molecule has 1 aromatic carbocycles. The third-order valence-electron chi connectivity index (χ3n) is 3.90. The predicted molar refractivity (Wildman–Crippen MR) is 71.2 cm³/mol. The minimum atomic E-state index is -0.348. The van der Waals surface area contributed by atoms with Crippen LogP contribution in [-0.2, 0) is 6.54 Å². The van der Waals surface area contributed by atoms with Gasteiger partial charge in [0, 0.05) is 24.5 Å². The van der Waals surface area contributed by atoms with E-state index in [-0.39, 0.29) is 5.60 Å². The fraction of sp³-hybridized carbons (Fsp3) is 0.571. The molecular formula is C14H19NOS. The Balaban J connectivity index is 1.54. The summed E-state index contributed by atoms with van der Waals surface area (Å²) in [4.78, 5) is 3.65. The number of benzene rings is 1. The Labute approximate surface area is 107 Å². The zero-order chi connectivity index (χ0) is 11.9. The van der Waals surface area contributed by atoms with Crippen LogP contribution in [0, 0.1) is 5.92 Å². The minimum absolute atomic E-state index is 0.348. The van der Waals surface area contributed by atoms with E-state index in [9.17, 15) is 5.11 Å². The molecule has 2 fully saturated rings. The summed E-state index contributed by atoms with van der Waals surface area (Å²) in [5, 5.41) is 10.2. The maximum absolute atomic E-state index is 10.2. The van der Waals surface area contributed by atoms with Gasteiger partial charge in [0.05, 0.1) is 5.60 Å². The van der Waals surface area contributed by atoms with E-state index in [1.54, 1.807) is 11.8 Å². The maximum atomic E-state index is 10.2. The van der Waals surface area contributed by atoms with E-state index in [2.05, 4.69) is 35.4 Å². The Morgan fingerprint density at radius 2 is 1.94 bits per heavy atom. The second-order valence-electron chi connectivity index (χ2n) is 5.37. The number of aliphatic hydroxyl groups is 1. The lowest BCUT2D eigenvalue weighted by atomic mass is 9.88. The standard InChI is InChI=1S/C14H19NOS/c1-17-13-6-2-11(3-7-13)8-15-9-14(16,10-15)12-4-5-12/h2-3,6-7,12,16H,4-5,8-10H2,1H3. The summed E-state index contributed by atoms with van der Waals surface area (Å²) < 4.78 is 0. The van der Waals surface area contributed by atoms with E-state index < -0.39 is 0 Å². The van der Waals surface area contributed by atoms with Gasteiger partial charge in [0.2, 0.25) is 0 Å². The van der Waals surface area contributed by atoms with Crippen molar-refractivity contribution in [3.8, 4) is 0 Å². The number of rotatable bonds is 4. The molecule has 3 rings (SSSR count). The molecule has 1 aliphatic carbocycles. The van der Waals surface area contributed by atoms with E-state index in [4.69, 9.17) is 0 Å². The van der Waals surface area contributed by atoms with E-state index >= 15 is 0 Å². The van der Waals surface area contributed by atoms with Crippen LogP contribution in [0.2, 0.25) is 0 Å². The number of hydrogen-bond acceptors (Lipinski definition) is 3. The fourth-order valence-corrected chi connectivity index (χ4v) is 3.12. The predicted octanol–water partition coefficient (Wildman–Crippen LogP) is 2.37. The van der Waals surface area contributed by atoms with Gasteiger partial charge in [-0.2, -0.15) is 0 Å². The average molecular weight is 249 g/mol. The lowest BCUT2D eigenvalue weighted by Crippen LogP contribution is -2.62. The first kappa shape index (κ1) is 11.6. The highest BCUT2D eigenvalue weighted by molar-refractivity contribution is 7.98. The highest BCUT2D eigenvalue weighted by atomic mass is 32.2. The largest absolute Gasteiger partial charge is 0.387 e. The van der Waals surface area contributed by atoms with Gasteiger partial charge in [0.1, 0.15) is 0 Å². The molecular weight excluding hydrogens is 230 g/mol. The van der Waals surface area contributed by atoms with Crippen molar-refractivity contribution in [2.24, 2.45) is 5.92 Å². The van der Waals surface area contributed by atoms with Crippen LogP contribution >= 0.6 is 11.8 Å². The summed E-state index contributed by atoms with van der Waals surface area (Å²) in [6, 6.07) is 8.74. The Kier molecular flexibility index (Phi) is 2.93. The molecule has 1 aliphatic heterocycles. The van der Waals surface area contributed by atoms with Gasteiger partial charge in [-0.15, -0.1) is 11.8 Å². The van der Waals surface area contributed by atoms with Gasteiger partial charge in [0.15, 0.2) is 0 Å². The third kappa shape index (κ3) is 2.37. The van der Waals surface area contributed by atoms with Crippen LogP contribution in [-0.4, -0.2) is 35.0 Å². The normalized spacial score (nSPS) is 23.4. The zero-order valence-corrected chi connectivity index (χ0v) is 11.0. The summed E-state index contributed by atoms with van der Waals surface area (Å²) >= 11 is 1.77. The Bertz CT molecular complexity index is 393. The number of likely N-dealkylation sites (tertiary alicyclic amines) is 1. The molecule has 3 heteroatoms. The highest BCUT2D eigenvalue weighted by Gasteiger charge is 2.51. The van der Waals surface area contributed by atoms with E-state index in [0.717, 1.165) is 19.6 Å². The smallest absolute Gasteiger partial charge is 0.0928 e. The molecule has 0 spiro atoms. The molecule has 2 aliphatic rings. The molecule has 2 nitrogen and oxygen atoms in total. The van der Waals surface area contributed by atoms with Gasteiger partial charge in [-0.1, -0.05) is 12.1 Å². The molecule has 0 atom stereocenters. The zero-order valence-electron chi connectivity index (χ0n) is 10.2. The second-order valence-corrected chi connectivity index (χ2v) is 6.25. The summed E-state index contributed by atoms with van der Waals surface area (Å²) in [7, 11) is 0.